The molecule has 0 fully saturated rings. The van der Waals surface area contributed by atoms with E-state index in [-0.39, 0.29) is 12.4 Å². The Morgan fingerprint density at radius 3 is 2.88 bits per heavy atom. The molecule has 130 valence electrons. The van der Waals surface area contributed by atoms with Crippen molar-refractivity contribution >= 4 is 29.5 Å². The fourth-order valence-electron chi connectivity index (χ4n) is 1.54. The number of carbonyl (C=O) groups is 2. The van der Waals surface area contributed by atoms with Crippen LogP contribution in [0, 0.1) is 0 Å². The van der Waals surface area contributed by atoms with Crippen LogP contribution in [0.2, 0.25) is 0 Å². The van der Waals surface area contributed by atoms with Crippen LogP contribution in [0.4, 0.5) is 10.5 Å². The minimum Gasteiger partial charge on any atom is -0.480 e. The number of rotatable bonds is 9. The molecule has 1 atom stereocenters. The Morgan fingerprint density at radius 2 is 2.21 bits per heavy atom. The molecule has 0 heterocycles. The molecule has 0 aromatic heterocycles. The Morgan fingerprint density at radius 1 is 1.50 bits per heavy atom. The molecule has 0 aliphatic rings. The van der Waals surface area contributed by atoms with E-state index in [1.54, 1.807) is 24.3 Å². The summed E-state index contributed by atoms with van der Waals surface area (Å²) in [4.78, 5) is 25.1. The predicted octanol–water partition coefficient (Wildman–Crippen LogP) is 2.39. The van der Waals surface area contributed by atoms with E-state index in [0.29, 0.717) is 23.5 Å². The molecule has 0 spiro atoms. The number of carbonyl (C=O) groups excluding carboxylic acids is 1. The van der Waals surface area contributed by atoms with Crippen molar-refractivity contribution in [3.8, 4) is 0 Å². The van der Waals surface area contributed by atoms with Crippen molar-refractivity contribution in [2.24, 2.45) is 10.8 Å². The van der Waals surface area contributed by atoms with Crippen LogP contribution in [0.1, 0.15) is 12.5 Å². The van der Waals surface area contributed by atoms with Crippen molar-refractivity contribution < 1.29 is 19.4 Å². The number of carboxylic acid groups (broad SMARTS) is 1. The minimum atomic E-state index is -1.30. The third-order valence-corrected chi connectivity index (χ3v) is 4.21. The Hall–Kier alpha value is -2.42. The molecular formula is C14H19N5O4S. The lowest BCUT2D eigenvalue weighted by Crippen LogP contribution is -2.47. The SMILES string of the molecule is C[C@](N)(CSCCNC(=O)OCc1ccccc1N=[N+]=[N-])C(=O)O. The number of amides is 1. The summed E-state index contributed by atoms with van der Waals surface area (Å²) < 4.78 is 5.04. The van der Waals surface area contributed by atoms with E-state index in [1.807, 2.05) is 0 Å². The van der Waals surface area contributed by atoms with Gasteiger partial charge >= 0.3 is 12.1 Å². The zero-order chi connectivity index (χ0) is 18.0. The van der Waals surface area contributed by atoms with E-state index >= 15 is 0 Å². The number of azide groups is 1. The van der Waals surface area contributed by atoms with E-state index in [2.05, 4.69) is 15.3 Å². The largest absolute Gasteiger partial charge is 0.480 e. The number of aliphatic carboxylic acids is 1. The van der Waals surface area contributed by atoms with Gasteiger partial charge in [-0.1, -0.05) is 29.4 Å². The molecule has 1 amide bonds. The average molecular weight is 353 g/mol. The van der Waals surface area contributed by atoms with Crippen LogP contribution in [0.5, 0.6) is 0 Å². The molecule has 0 aliphatic carbocycles. The van der Waals surface area contributed by atoms with Gasteiger partial charge in [0.15, 0.2) is 0 Å². The number of alkyl carbamates (subject to hydrolysis) is 1. The normalized spacial score (nSPS) is 12.6. The first-order valence-electron chi connectivity index (χ1n) is 7.00. The average Bonchev–Trinajstić information content (AvgIpc) is 2.53. The van der Waals surface area contributed by atoms with Crippen molar-refractivity contribution in [3.63, 3.8) is 0 Å². The van der Waals surface area contributed by atoms with Gasteiger partial charge in [-0.2, -0.15) is 11.8 Å². The fourth-order valence-corrected chi connectivity index (χ4v) is 2.48. The minimum absolute atomic E-state index is 0.0198. The van der Waals surface area contributed by atoms with Crippen LogP contribution in [-0.2, 0) is 16.1 Å². The van der Waals surface area contributed by atoms with Crippen molar-refractivity contribution in [2.75, 3.05) is 18.1 Å². The first-order valence-corrected chi connectivity index (χ1v) is 8.16. The smallest absolute Gasteiger partial charge is 0.407 e. The molecule has 1 aromatic rings. The first-order chi connectivity index (χ1) is 11.4. The second-order valence-electron chi connectivity index (χ2n) is 5.10. The summed E-state index contributed by atoms with van der Waals surface area (Å²) in [6, 6.07) is 6.78. The summed E-state index contributed by atoms with van der Waals surface area (Å²) in [5, 5.41) is 14.9. The Balaban J connectivity index is 2.28. The van der Waals surface area contributed by atoms with Crippen molar-refractivity contribution in [1.29, 1.82) is 0 Å². The van der Waals surface area contributed by atoms with Gasteiger partial charge in [0.1, 0.15) is 12.1 Å². The number of carboxylic acids is 1. The molecule has 1 rings (SSSR count). The van der Waals surface area contributed by atoms with Gasteiger partial charge in [0, 0.05) is 28.6 Å². The maximum absolute atomic E-state index is 11.6. The zero-order valence-electron chi connectivity index (χ0n) is 13.1. The standard InChI is InChI=1S/C14H19N5O4S/c1-14(15,12(20)21)9-24-7-6-17-13(22)23-8-10-4-2-3-5-11(10)18-19-16/h2-5H,6-9,15H2,1H3,(H,17,22)(H,20,21)/t14-/m0/s1. The van der Waals surface area contributed by atoms with E-state index in [4.69, 9.17) is 21.1 Å². The highest BCUT2D eigenvalue weighted by Gasteiger charge is 2.27. The molecule has 10 heteroatoms. The highest BCUT2D eigenvalue weighted by atomic mass is 32.2. The predicted molar refractivity (Wildman–Crippen MR) is 91.0 cm³/mol. The summed E-state index contributed by atoms with van der Waals surface area (Å²) in [5.41, 5.74) is 13.8. The summed E-state index contributed by atoms with van der Waals surface area (Å²) in [7, 11) is 0. The van der Waals surface area contributed by atoms with Crippen LogP contribution in [0.25, 0.3) is 10.4 Å². The molecule has 0 unspecified atom stereocenters. The molecule has 24 heavy (non-hydrogen) atoms. The maximum Gasteiger partial charge on any atom is 0.407 e. The summed E-state index contributed by atoms with van der Waals surface area (Å²) >= 11 is 1.32. The van der Waals surface area contributed by atoms with E-state index in [0.717, 1.165) is 0 Å². The molecule has 0 saturated carbocycles. The monoisotopic (exact) mass is 353 g/mol. The number of ether oxygens (including phenoxy) is 1. The van der Waals surface area contributed by atoms with E-state index in [1.165, 1.54) is 18.7 Å². The lowest BCUT2D eigenvalue weighted by Gasteiger charge is -2.18. The number of nitrogens with one attached hydrogen (secondary N) is 1. The summed E-state index contributed by atoms with van der Waals surface area (Å²) in [6.45, 7) is 1.73. The number of benzene rings is 1. The second-order valence-corrected chi connectivity index (χ2v) is 6.20. The van der Waals surface area contributed by atoms with Crippen LogP contribution in [0.15, 0.2) is 29.4 Å². The molecule has 0 saturated heterocycles. The quantitative estimate of drug-likeness (QED) is 0.268. The molecule has 0 radical (unpaired) electrons. The molecule has 0 bridgehead atoms. The first kappa shape index (κ1) is 19.6. The molecule has 0 aliphatic heterocycles. The molecular weight excluding hydrogens is 334 g/mol. The van der Waals surface area contributed by atoms with E-state index < -0.39 is 17.6 Å². The van der Waals surface area contributed by atoms with Gasteiger partial charge in [-0.05, 0) is 18.0 Å². The number of hydrogen-bond donors (Lipinski definition) is 3. The van der Waals surface area contributed by atoms with Gasteiger partial charge in [-0.3, -0.25) is 4.79 Å². The van der Waals surface area contributed by atoms with Gasteiger partial charge < -0.3 is 20.9 Å². The van der Waals surface area contributed by atoms with Gasteiger partial charge in [0.05, 0.1) is 0 Å². The third kappa shape index (κ3) is 6.78. The summed E-state index contributed by atoms with van der Waals surface area (Å²) in [6.07, 6.45) is -0.611. The molecule has 1 aromatic carbocycles. The topological polar surface area (TPSA) is 150 Å². The Bertz CT molecular complexity index is 631. The zero-order valence-corrected chi connectivity index (χ0v) is 14.0. The van der Waals surface area contributed by atoms with Crippen LogP contribution in [-0.4, -0.2) is 40.8 Å². The van der Waals surface area contributed by atoms with Gasteiger partial charge in [-0.15, -0.1) is 0 Å². The van der Waals surface area contributed by atoms with Crippen molar-refractivity contribution in [1.82, 2.24) is 5.32 Å². The number of nitrogens with zero attached hydrogens (tertiary/aromatic N) is 3. The number of hydrogen-bond acceptors (Lipinski definition) is 6. The highest BCUT2D eigenvalue weighted by molar-refractivity contribution is 7.99. The fraction of sp³-hybridized carbons (Fsp3) is 0.429. The number of nitrogens with two attached hydrogens (primary N) is 1. The van der Waals surface area contributed by atoms with Crippen LogP contribution in [0.3, 0.4) is 0 Å². The van der Waals surface area contributed by atoms with Crippen LogP contribution >= 0.6 is 11.8 Å². The highest BCUT2D eigenvalue weighted by Crippen LogP contribution is 2.19. The number of thioether (sulfide) groups is 1. The van der Waals surface area contributed by atoms with Gasteiger partial charge in [0.25, 0.3) is 0 Å². The van der Waals surface area contributed by atoms with E-state index in [9.17, 15) is 9.59 Å². The second kappa shape index (κ2) is 9.66. The van der Waals surface area contributed by atoms with Gasteiger partial charge in [-0.25, -0.2) is 4.79 Å². The molecule has 9 nitrogen and oxygen atoms in total. The Kier molecular flexibility index (Phi) is 7.90. The molecule has 4 N–H and O–H groups in total. The van der Waals surface area contributed by atoms with Crippen molar-refractivity contribution in [2.45, 2.75) is 19.1 Å². The lowest BCUT2D eigenvalue weighted by molar-refractivity contribution is -0.141. The lowest BCUT2D eigenvalue weighted by atomic mass is 10.1. The Labute approximate surface area is 143 Å². The van der Waals surface area contributed by atoms with Crippen LogP contribution < -0.4 is 11.1 Å². The van der Waals surface area contributed by atoms with Crippen molar-refractivity contribution in [3.05, 3.63) is 40.3 Å². The maximum atomic E-state index is 11.6. The van der Waals surface area contributed by atoms with Gasteiger partial charge in [0.2, 0.25) is 0 Å². The summed E-state index contributed by atoms with van der Waals surface area (Å²) in [5.74, 6) is -0.329. The third-order valence-electron chi connectivity index (χ3n) is 2.91.